The molecule has 2 heterocycles. The van der Waals surface area contributed by atoms with E-state index in [0.29, 0.717) is 0 Å². The number of anilines is 1. The van der Waals surface area contributed by atoms with Crippen molar-refractivity contribution in [1.82, 2.24) is 10.4 Å². The molecule has 1 atom stereocenters. The van der Waals surface area contributed by atoms with Gasteiger partial charge in [-0.05, 0) is 57.7 Å². The molecule has 1 aromatic carbocycles. The Bertz CT molecular complexity index is 771. The van der Waals surface area contributed by atoms with Gasteiger partial charge >= 0.3 is 6.09 Å². The summed E-state index contributed by atoms with van der Waals surface area (Å²) in [4.78, 5) is 28.3. The van der Waals surface area contributed by atoms with Crippen molar-refractivity contribution in [3.8, 4) is 0 Å². The molecule has 0 bridgehead atoms. The van der Waals surface area contributed by atoms with Gasteiger partial charge in [-0.3, -0.25) is 10.0 Å². The molecule has 0 saturated carbocycles. The monoisotopic (exact) mass is 387 g/mol. The molecule has 2 saturated heterocycles. The lowest BCUT2D eigenvalue weighted by molar-refractivity contribution is -0.124. The molecule has 2 N–H and O–H groups in total. The summed E-state index contributed by atoms with van der Waals surface area (Å²) < 4.78 is 5.64. The number of nitrogens with zero attached hydrogens (tertiary/aromatic N) is 2. The molecule has 1 spiro atoms. The molecule has 7 heteroatoms. The average molecular weight is 387 g/mol. The van der Waals surface area contributed by atoms with Crippen molar-refractivity contribution in [2.75, 3.05) is 24.5 Å². The molecule has 28 heavy (non-hydrogen) atoms. The van der Waals surface area contributed by atoms with Gasteiger partial charge in [0.1, 0.15) is 5.60 Å². The molecule has 2 fully saturated rings. The van der Waals surface area contributed by atoms with Crippen LogP contribution in [-0.4, -0.2) is 52.9 Å². The van der Waals surface area contributed by atoms with Crippen molar-refractivity contribution in [2.24, 2.45) is 0 Å². The highest BCUT2D eigenvalue weighted by atomic mass is 16.6. The molecular weight excluding hydrogens is 358 g/mol. The lowest BCUT2D eigenvalue weighted by atomic mass is 9.95. The minimum absolute atomic E-state index is 0.207. The van der Waals surface area contributed by atoms with Gasteiger partial charge in [-0.25, -0.2) is 10.3 Å². The van der Waals surface area contributed by atoms with E-state index < -0.39 is 11.5 Å². The standard InChI is InChI=1S/C21H29N3O4/c1-20(2,3)28-19(26)24-13-6-11-21(24)12-14-23(15-21)17-8-5-4-7-16(17)9-10-18(25)22-27/h4-5,7-10,27H,6,11-15H2,1-3H3,(H,22,25)/b10-9+. The summed E-state index contributed by atoms with van der Waals surface area (Å²) >= 11 is 0. The number of likely N-dealkylation sites (tertiary alicyclic amines) is 1. The van der Waals surface area contributed by atoms with Crippen LogP contribution in [0.25, 0.3) is 6.08 Å². The summed E-state index contributed by atoms with van der Waals surface area (Å²) in [6.07, 6.45) is 5.58. The van der Waals surface area contributed by atoms with Crippen LogP contribution in [0.3, 0.4) is 0 Å². The van der Waals surface area contributed by atoms with Crippen LogP contribution in [0, 0.1) is 0 Å². The molecule has 2 aliphatic rings. The van der Waals surface area contributed by atoms with Crippen LogP contribution in [-0.2, 0) is 9.53 Å². The molecule has 1 unspecified atom stereocenters. The van der Waals surface area contributed by atoms with Gasteiger partial charge in [0.15, 0.2) is 0 Å². The van der Waals surface area contributed by atoms with Crippen LogP contribution >= 0.6 is 0 Å². The first-order chi connectivity index (χ1) is 13.2. The van der Waals surface area contributed by atoms with E-state index in [1.807, 2.05) is 49.9 Å². The highest BCUT2D eigenvalue weighted by molar-refractivity contribution is 5.91. The van der Waals surface area contributed by atoms with E-state index in [4.69, 9.17) is 9.94 Å². The minimum atomic E-state index is -0.570. The number of rotatable bonds is 3. The average Bonchev–Trinajstić information content (AvgIpc) is 3.26. The Morgan fingerprint density at radius 2 is 1.96 bits per heavy atom. The number of amides is 2. The lowest BCUT2D eigenvalue weighted by Crippen LogP contribution is -2.50. The molecule has 152 valence electrons. The zero-order chi connectivity index (χ0) is 20.4. The molecular formula is C21H29N3O4. The highest BCUT2D eigenvalue weighted by Crippen LogP contribution is 2.41. The van der Waals surface area contributed by atoms with Crippen LogP contribution in [0.2, 0.25) is 0 Å². The largest absolute Gasteiger partial charge is 0.444 e. The van der Waals surface area contributed by atoms with E-state index in [1.54, 1.807) is 11.6 Å². The quantitative estimate of drug-likeness (QED) is 0.473. The fourth-order valence-electron chi connectivity index (χ4n) is 4.15. The Morgan fingerprint density at radius 1 is 1.21 bits per heavy atom. The highest BCUT2D eigenvalue weighted by Gasteiger charge is 2.49. The fraction of sp³-hybridized carbons (Fsp3) is 0.524. The van der Waals surface area contributed by atoms with Crippen LogP contribution in [0.5, 0.6) is 0 Å². The van der Waals surface area contributed by atoms with Gasteiger partial charge in [0.2, 0.25) is 0 Å². The maximum absolute atomic E-state index is 12.7. The van der Waals surface area contributed by atoms with Gasteiger partial charge < -0.3 is 14.5 Å². The summed E-state index contributed by atoms with van der Waals surface area (Å²) in [5.74, 6) is -0.570. The number of carbonyl (C=O) groups excluding carboxylic acids is 2. The molecule has 1 aromatic rings. The third-order valence-corrected chi connectivity index (χ3v) is 5.34. The summed E-state index contributed by atoms with van der Waals surface area (Å²) in [5, 5.41) is 8.68. The Kier molecular flexibility index (Phi) is 5.65. The summed E-state index contributed by atoms with van der Waals surface area (Å²) in [5.41, 5.74) is 2.79. The third-order valence-electron chi connectivity index (χ3n) is 5.34. The van der Waals surface area contributed by atoms with Gasteiger partial charge in [0.25, 0.3) is 5.91 Å². The first-order valence-electron chi connectivity index (χ1n) is 9.71. The number of hydroxylamine groups is 1. The SMILES string of the molecule is CC(C)(C)OC(=O)N1CCCC12CCN(c1ccccc1/C=C/C(=O)NO)C2. The predicted octanol–water partition coefficient (Wildman–Crippen LogP) is 3.19. The number of ether oxygens (including phenoxy) is 1. The van der Waals surface area contributed by atoms with E-state index in [2.05, 4.69) is 4.90 Å². The Labute approximate surface area is 165 Å². The lowest BCUT2D eigenvalue weighted by Gasteiger charge is -2.36. The van der Waals surface area contributed by atoms with Crippen LogP contribution in [0.4, 0.5) is 10.5 Å². The maximum Gasteiger partial charge on any atom is 0.410 e. The van der Waals surface area contributed by atoms with Crippen molar-refractivity contribution in [3.05, 3.63) is 35.9 Å². The summed E-state index contributed by atoms with van der Waals surface area (Å²) in [6, 6.07) is 7.82. The number of carbonyl (C=O) groups is 2. The number of benzene rings is 1. The van der Waals surface area contributed by atoms with Crippen molar-refractivity contribution in [3.63, 3.8) is 0 Å². The Hall–Kier alpha value is -2.54. The Morgan fingerprint density at radius 3 is 2.68 bits per heavy atom. The molecule has 0 aliphatic carbocycles. The van der Waals surface area contributed by atoms with Crippen LogP contribution in [0.15, 0.2) is 30.3 Å². The number of hydrogen-bond donors (Lipinski definition) is 2. The van der Waals surface area contributed by atoms with E-state index in [9.17, 15) is 9.59 Å². The zero-order valence-electron chi connectivity index (χ0n) is 16.8. The van der Waals surface area contributed by atoms with E-state index in [-0.39, 0.29) is 11.6 Å². The third kappa shape index (κ3) is 4.30. The maximum atomic E-state index is 12.7. The normalized spacial score (nSPS) is 22.3. The van der Waals surface area contributed by atoms with Crippen molar-refractivity contribution < 1.29 is 19.5 Å². The Balaban J connectivity index is 1.79. The van der Waals surface area contributed by atoms with Crippen molar-refractivity contribution >= 4 is 23.8 Å². The van der Waals surface area contributed by atoms with Gasteiger partial charge in [0.05, 0.1) is 5.54 Å². The second-order valence-corrected chi connectivity index (χ2v) is 8.50. The van der Waals surface area contributed by atoms with Gasteiger partial charge in [-0.15, -0.1) is 0 Å². The van der Waals surface area contributed by atoms with Crippen LogP contribution in [0.1, 0.15) is 45.6 Å². The molecule has 0 aromatic heterocycles. The number of para-hydroxylation sites is 1. The summed E-state index contributed by atoms with van der Waals surface area (Å²) in [6.45, 7) is 7.96. The molecule has 7 nitrogen and oxygen atoms in total. The predicted molar refractivity (Wildman–Crippen MR) is 107 cm³/mol. The number of nitrogens with one attached hydrogen (secondary N) is 1. The first kappa shape index (κ1) is 20.2. The van der Waals surface area contributed by atoms with Crippen molar-refractivity contribution in [2.45, 2.75) is 51.2 Å². The van der Waals surface area contributed by atoms with E-state index >= 15 is 0 Å². The van der Waals surface area contributed by atoms with Crippen molar-refractivity contribution in [1.29, 1.82) is 0 Å². The molecule has 2 aliphatic heterocycles. The van der Waals surface area contributed by atoms with E-state index in [0.717, 1.165) is 50.1 Å². The zero-order valence-corrected chi connectivity index (χ0v) is 16.8. The smallest absolute Gasteiger partial charge is 0.410 e. The van der Waals surface area contributed by atoms with Gasteiger partial charge in [-0.1, -0.05) is 18.2 Å². The minimum Gasteiger partial charge on any atom is -0.444 e. The molecule has 2 amide bonds. The molecule has 0 radical (unpaired) electrons. The molecule has 3 rings (SSSR count). The van der Waals surface area contributed by atoms with Gasteiger partial charge in [0, 0.05) is 31.4 Å². The first-order valence-corrected chi connectivity index (χ1v) is 9.71. The topological polar surface area (TPSA) is 82.1 Å². The second kappa shape index (κ2) is 7.83. The number of hydrogen-bond acceptors (Lipinski definition) is 5. The van der Waals surface area contributed by atoms with E-state index in [1.165, 1.54) is 6.08 Å². The second-order valence-electron chi connectivity index (χ2n) is 8.50. The van der Waals surface area contributed by atoms with Gasteiger partial charge in [-0.2, -0.15) is 0 Å². The summed E-state index contributed by atoms with van der Waals surface area (Å²) in [7, 11) is 0. The fourth-order valence-corrected chi connectivity index (χ4v) is 4.15. The van der Waals surface area contributed by atoms with Crippen LogP contribution < -0.4 is 10.4 Å².